The minimum absolute atomic E-state index is 0.128. The molecule has 6 N–H and O–H groups in total. The molecular formula is C19H12F6N4O2. The molecule has 31 heavy (non-hydrogen) atoms. The maximum absolute atomic E-state index is 13.1. The lowest BCUT2D eigenvalue weighted by molar-refractivity contribution is -0.138. The van der Waals surface area contributed by atoms with E-state index in [9.17, 15) is 35.9 Å². The first-order chi connectivity index (χ1) is 14.2. The van der Waals surface area contributed by atoms with Crippen molar-refractivity contribution in [3.05, 3.63) is 69.8 Å². The van der Waals surface area contributed by atoms with Crippen LogP contribution in [0.15, 0.2) is 41.4 Å². The number of amides is 2. The molecule has 2 amide bonds. The number of benzene rings is 2. The van der Waals surface area contributed by atoms with Crippen LogP contribution in [-0.2, 0) is 12.4 Å². The van der Waals surface area contributed by atoms with Crippen molar-refractivity contribution in [3.8, 4) is 11.8 Å². The first-order valence-electron chi connectivity index (χ1n) is 8.08. The van der Waals surface area contributed by atoms with Gasteiger partial charge in [-0.05, 0) is 36.4 Å². The van der Waals surface area contributed by atoms with Crippen LogP contribution in [0.3, 0.4) is 0 Å². The van der Waals surface area contributed by atoms with Gasteiger partial charge in [0.05, 0.1) is 16.7 Å². The predicted octanol–water partition coefficient (Wildman–Crippen LogP) is 2.64. The van der Waals surface area contributed by atoms with E-state index in [0.717, 1.165) is 18.2 Å². The smallest absolute Gasteiger partial charge is 0.370 e. The summed E-state index contributed by atoms with van der Waals surface area (Å²) in [5, 5.41) is 0. The lowest BCUT2D eigenvalue weighted by atomic mass is 10.0. The summed E-state index contributed by atoms with van der Waals surface area (Å²) in [7, 11) is 0. The Balaban J connectivity index is 2.57. The Kier molecular flexibility index (Phi) is 6.30. The Bertz CT molecular complexity index is 1140. The zero-order chi connectivity index (χ0) is 23.6. The number of hydrogen-bond donors (Lipinski definition) is 3. The Morgan fingerprint density at radius 1 is 0.806 bits per heavy atom. The third kappa shape index (κ3) is 5.99. The van der Waals surface area contributed by atoms with Crippen molar-refractivity contribution < 1.29 is 35.9 Å². The van der Waals surface area contributed by atoms with Gasteiger partial charge in [-0.2, -0.15) is 31.3 Å². The molecule has 2 aromatic carbocycles. The number of carbonyl (C=O) groups excluding carboxylic acids is 2. The van der Waals surface area contributed by atoms with Crippen molar-refractivity contribution in [1.82, 2.24) is 0 Å². The largest absolute Gasteiger partial charge is 0.417 e. The van der Waals surface area contributed by atoms with Crippen LogP contribution < -0.4 is 17.2 Å². The summed E-state index contributed by atoms with van der Waals surface area (Å²) in [6, 6.07) is 4.36. The topological polar surface area (TPSA) is 125 Å². The summed E-state index contributed by atoms with van der Waals surface area (Å²) < 4.78 is 78.2. The summed E-state index contributed by atoms with van der Waals surface area (Å²) in [6.45, 7) is 0. The van der Waals surface area contributed by atoms with E-state index in [4.69, 9.17) is 17.2 Å². The van der Waals surface area contributed by atoms with Crippen molar-refractivity contribution in [1.29, 1.82) is 0 Å². The number of primary amides is 1. The van der Waals surface area contributed by atoms with Crippen LogP contribution in [0.25, 0.3) is 0 Å². The highest BCUT2D eigenvalue weighted by atomic mass is 19.4. The number of halogens is 6. The van der Waals surface area contributed by atoms with Crippen LogP contribution >= 0.6 is 0 Å². The lowest BCUT2D eigenvalue weighted by Gasteiger charge is -2.10. The second-order valence-corrected chi connectivity index (χ2v) is 6.01. The van der Waals surface area contributed by atoms with Gasteiger partial charge in [-0.1, -0.05) is 11.8 Å². The predicted molar refractivity (Wildman–Crippen MR) is 97.5 cm³/mol. The molecule has 0 bridgehead atoms. The fourth-order valence-corrected chi connectivity index (χ4v) is 2.39. The van der Waals surface area contributed by atoms with Gasteiger partial charge in [-0.15, -0.1) is 0 Å². The molecule has 0 spiro atoms. The summed E-state index contributed by atoms with van der Waals surface area (Å²) in [6.07, 6.45) is -9.68. The minimum atomic E-state index is -4.85. The molecule has 0 aliphatic carbocycles. The number of guanidine groups is 1. The van der Waals surface area contributed by atoms with Gasteiger partial charge < -0.3 is 17.2 Å². The third-order valence-corrected chi connectivity index (χ3v) is 3.68. The highest BCUT2D eigenvalue weighted by molar-refractivity contribution is 6.02. The minimum Gasteiger partial charge on any atom is -0.370 e. The molecule has 0 aliphatic heterocycles. The average Bonchev–Trinajstić information content (AvgIpc) is 2.63. The SMILES string of the molecule is NC(=O)c1cc(C#Cc2cc(C(=O)N=C(N)N)cc(C(F)(F)F)c2)ccc1C(F)(F)F. The van der Waals surface area contributed by atoms with Gasteiger partial charge in [0.1, 0.15) is 0 Å². The Morgan fingerprint density at radius 3 is 1.94 bits per heavy atom. The highest BCUT2D eigenvalue weighted by Gasteiger charge is 2.35. The molecular weight excluding hydrogens is 430 g/mol. The van der Waals surface area contributed by atoms with Crippen LogP contribution in [0.5, 0.6) is 0 Å². The standard InChI is InChI=1S/C19H12F6N4O2/c20-18(21,22)12-6-10(5-11(8-12)16(31)29-17(27)28)2-1-9-3-4-14(19(23,24)25)13(7-9)15(26)30/h3-8H,(H2,26,30)(H4,27,28,29,31). The van der Waals surface area contributed by atoms with Gasteiger partial charge in [-0.25, -0.2) is 0 Å². The molecule has 2 rings (SSSR count). The zero-order valence-corrected chi connectivity index (χ0v) is 15.2. The fourth-order valence-electron chi connectivity index (χ4n) is 2.39. The number of alkyl halides is 6. The molecule has 6 nitrogen and oxygen atoms in total. The number of rotatable bonds is 2. The van der Waals surface area contributed by atoms with Crippen molar-refractivity contribution in [2.45, 2.75) is 12.4 Å². The van der Waals surface area contributed by atoms with Crippen LogP contribution in [0.1, 0.15) is 43.0 Å². The maximum Gasteiger partial charge on any atom is 0.417 e. The Morgan fingerprint density at radius 2 is 1.42 bits per heavy atom. The quantitative estimate of drug-likeness (QED) is 0.286. The molecule has 2 aromatic rings. The molecule has 0 radical (unpaired) electrons. The van der Waals surface area contributed by atoms with E-state index in [-0.39, 0.29) is 11.1 Å². The zero-order valence-electron chi connectivity index (χ0n) is 15.2. The van der Waals surface area contributed by atoms with Crippen LogP contribution in [0.4, 0.5) is 26.3 Å². The first-order valence-corrected chi connectivity index (χ1v) is 8.08. The molecule has 0 aliphatic rings. The van der Waals surface area contributed by atoms with Crippen molar-refractivity contribution in [2.75, 3.05) is 0 Å². The van der Waals surface area contributed by atoms with Crippen LogP contribution in [0.2, 0.25) is 0 Å². The van der Waals surface area contributed by atoms with Crippen LogP contribution in [0, 0.1) is 11.8 Å². The second kappa shape index (κ2) is 8.39. The molecule has 0 heterocycles. The summed E-state index contributed by atoms with van der Waals surface area (Å²) in [4.78, 5) is 26.4. The summed E-state index contributed by atoms with van der Waals surface area (Å²) in [5.74, 6) is 1.45. The average molecular weight is 442 g/mol. The fraction of sp³-hybridized carbons (Fsp3) is 0.105. The number of nitrogens with two attached hydrogens (primary N) is 3. The third-order valence-electron chi connectivity index (χ3n) is 3.68. The van der Waals surface area contributed by atoms with E-state index >= 15 is 0 Å². The molecule has 0 atom stereocenters. The number of hydrogen-bond acceptors (Lipinski definition) is 2. The number of aliphatic imine (C=N–C) groups is 1. The van der Waals surface area contributed by atoms with E-state index in [1.165, 1.54) is 0 Å². The molecule has 0 saturated carbocycles. The molecule has 162 valence electrons. The molecule has 0 aromatic heterocycles. The normalized spacial score (nSPS) is 11.3. The molecule has 0 saturated heterocycles. The first kappa shape index (κ1) is 23.3. The van der Waals surface area contributed by atoms with Gasteiger partial charge in [0.25, 0.3) is 5.91 Å². The highest BCUT2D eigenvalue weighted by Crippen LogP contribution is 2.33. The van der Waals surface area contributed by atoms with Crippen molar-refractivity contribution in [3.63, 3.8) is 0 Å². The van der Waals surface area contributed by atoms with Gasteiger partial charge >= 0.3 is 12.4 Å². The van der Waals surface area contributed by atoms with E-state index in [2.05, 4.69) is 16.8 Å². The molecule has 0 unspecified atom stereocenters. The summed E-state index contributed by atoms with van der Waals surface area (Å²) >= 11 is 0. The Hall–Kier alpha value is -4.01. The van der Waals surface area contributed by atoms with Crippen molar-refractivity contribution >= 4 is 17.8 Å². The van der Waals surface area contributed by atoms with Gasteiger partial charge in [0.2, 0.25) is 5.91 Å². The summed E-state index contributed by atoms with van der Waals surface area (Å²) in [5.41, 5.74) is 10.8. The van der Waals surface area contributed by atoms with E-state index in [1.54, 1.807) is 0 Å². The van der Waals surface area contributed by atoms with E-state index in [1.807, 2.05) is 0 Å². The number of nitrogens with zero attached hydrogens (tertiary/aromatic N) is 1. The second-order valence-electron chi connectivity index (χ2n) is 6.01. The lowest BCUT2D eigenvalue weighted by Crippen LogP contribution is -2.24. The maximum atomic E-state index is 13.1. The molecule has 0 fully saturated rings. The van der Waals surface area contributed by atoms with Gasteiger partial charge in [0.15, 0.2) is 5.96 Å². The van der Waals surface area contributed by atoms with Gasteiger partial charge in [-0.3, -0.25) is 9.59 Å². The van der Waals surface area contributed by atoms with E-state index in [0.29, 0.717) is 18.2 Å². The number of carbonyl (C=O) groups is 2. The van der Waals surface area contributed by atoms with E-state index < -0.39 is 52.4 Å². The van der Waals surface area contributed by atoms with Crippen molar-refractivity contribution in [2.24, 2.45) is 22.2 Å². The molecule has 12 heteroatoms. The van der Waals surface area contributed by atoms with Crippen LogP contribution in [-0.4, -0.2) is 17.8 Å². The Labute approximate surface area is 170 Å². The monoisotopic (exact) mass is 442 g/mol. The van der Waals surface area contributed by atoms with Gasteiger partial charge in [0, 0.05) is 16.7 Å².